The average Bonchev–Trinajstić information content (AvgIpc) is 2.18. The quantitative estimate of drug-likeness (QED) is 0.467. The topological polar surface area (TPSA) is 17.8 Å². The van der Waals surface area contributed by atoms with Crippen LogP contribution in [0, 0.1) is 18.9 Å². The highest BCUT2D eigenvalue weighted by Gasteiger charge is 1.87. The van der Waals surface area contributed by atoms with Crippen molar-refractivity contribution in [1.82, 2.24) is 9.55 Å². The van der Waals surface area contributed by atoms with Crippen LogP contribution in [0.5, 0.6) is 0 Å². The molecule has 0 saturated carbocycles. The number of nitrogens with zero attached hydrogens (tertiary/aromatic N) is 2. The van der Waals surface area contributed by atoms with Gasteiger partial charge in [0, 0.05) is 18.4 Å². The lowest BCUT2D eigenvalue weighted by Gasteiger charge is -1.87. The minimum atomic E-state index is 0.935. The first kappa shape index (κ1) is 5.90. The van der Waals surface area contributed by atoms with Crippen LogP contribution in [0.25, 0.3) is 0 Å². The third kappa shape index (κ3) is 1.11. The highest BCUT2D eigenvalue weighted by Crippen LogP contribution is 1.89. The Kier molecular flexibility index (Phi) is 1.55. The fraction of sp³-hybridized carbons (Fsp3) is 0.286. The molecule has 0 bridgehead atoms. The van der Waals surface area contributed by atoms with E-state index in [1.54, 1.807) is 17.7 Å². The molecule has 0 aromatic carbocycles. The standard InChI is InChI=1S/C7H8N2/c1-3-5-9-6-4-8-7(9)2/h4,6H,1-2H3. The van der Waals surface area contributed by atoms with Crippen molar-refractivity contribution in [2.45, 2.75) is 13.8 Å². The zero-order chi connectivity index (χ0) is 6.69. The Morgan fingerprint density at radius 3 is 2.89 bits per heavy atom. The van der Waals surface area contributed by atoms with Gasteiger partial charge in [-0.05, 0) is 13.8 Å². The van der Waals surface area contributed by atoms with E-state index in [9.17, 15) is 0 Å². The maximum Gasteiger partial charge on any atom is 0.117 e. The van der Waals surface area contributed by atoms with Crippen molar-refractivity contribution in [1.29, 1.82) is 0 Å². The first-order valence-electron chi connectivity index (χ1n) is 2.77. The van der Waals surface area contributed by atoms with Crippen molar-refractivity contribution in [2.75, 3.05) is 0 Å². The number of imidazole rings is 1. The Balaban J connectivity index is 3.03. The summed E-state index contributed by atoms with van der Waals surface area (Å²) in [5.74, 6) is 3.72. The summed E-state index contributed by atoms with van der Waals surface area (Å²) in [4.78, 5) is 4.00. The molecule has 0 aliphatic rings. The lowest BCUT2D eigenvalue weighted by atomic mass is 10.7. The smallest absolute Gasteiger partial charge is 0.117 e. The van der Waals surface area contributed by atoms with Crippen molar-refractivity contribution in [3.05, 3.63) is 18.2 Å². The zero-order valence-corrected chi connectivity index (χ0v) is 5.55. The van der Waals surface area contributed by atoms with Gasteiger partial charge in [-0.3, -0.25) is 4.57 Å². The van der Waals surface area contributed by atoms with Crippen LogP contribution in [0.4, 0.5) is 0 Å². The molecule has 0 atom stereocenters. The van der Waals surface area contributed by atoms with Crippen LogP contribution in [0.1, 0.15) is 12.7 Å². The van der Waals surface area contributed by atoms with Gasteiger partial charge in [0.25, 0.3) is 0 Å². The van der Waals surface area contributed by atoms with Crippen molar-refractivity contribution >= 4 is 0 Å². The van der Waals surface area contributed by atoms with E-state index in [-0.39, 0.29) is 0 Å². The van der Waals surface area contributed by atoms with Gasteiger partial charge in [-0.1, -0.05) is 5.92 Å². The monoisotopic (exact) mass is 120 g/mol. The summed E-state index contributed by atoms with van der Waals surface area (Å²) in [6.07, 6.45) is 3.57. The summed E-state index contributed by atoms with van der Waals surface area (Å²) in [7, 11) is 0. The van der Waals surface area contributed by atoms with E-state index < -0.39 is 0 Å². The number of hydrogen-bond donors (Lipinski definition) is 0. The molecule has 1 aromatic heterocycles. The van der Waals surface area contributed by atoms with Gasteiger partial charge in [-0.15, -0.1) is 0 Å². The molecule has 0 spiro atoms. The molecule has 1 aromatic rings. The first-order chi connectivity index (χ1) is 4.34. The van der Waals surface area contributed by atoms with E-state index in [4.69, 9.17) is 0 Å². The van der Waals surface area contributed by atoms with Gasteiger partial charge >= 0.3 is 0 Å². The highest BCUT2D eigenvalue weighted by atomic mass is 15.0. The second-order valence-electron chi connectivity index (χ2n) is 1.71. The molecule has 0 unspecified atom stereocenters. The molecule has 2 nitrogen and oxygen atoms in total. The molecule has 0 saturated heterocycles. The van der Waals surface area contributed by atoms with Crippen LogP contribution in [0.2, 0.25) is 0 Å². The Morgan fingerprint density at radius 2 is 2.44 bits per heavy atom. The molecule has 0 radical (unpaired) electrons. The maximum atomic E-state index is 4.00. The largest absolute Gasteiger partial charge is 0.263 e. The SMILES string of the molecule is CC#Cn1ccnc1C. The van der Waals surface area contributed by atoms with Gasteiger partial charge in [-0.25, -0.2) is 4.98 Å². The van der Waals surface area contributed by atoms with E-state index >= 15 is 0 Å². The summed E-state index contributed by atoms with van der Waals surface area (Å²) in [6.45, 7) is 3.73. The molecule has 46 valence electrons. The molecular formula is C7H8N2. The Labute approximate surface area is 54.5 Å². The minimum absolute atomic E-state index is 0.935. The Hall–Kier alpha value is -1.23. The van der Waals surface area contributed by atoms with E-state index in [2.05, 4.69) is 16.9 Å². The van der Waals surface area contributed by atoms with Crippen molar-refractivity contribution in [3.63, 3.8) is 0 Å². The van der Waals surface area contributed by atoms with E-state index in [0.717, 1.165) is 5.82 Å². The predicted octanol–water partition coefficient (Wildman–Crippen LogP) is 1.02. The summed E-state index contributed by atoms with van der Waals surface area (Å²) in [5, 5.41) is 0. The molecule has 1 rings (SSSR count). The summed E-state index contributed by atoms with van der Waals surface area (Å²) in [5.41, 5.74) is 0. The molecule has 2 heteroatoms. The molecule has 1 heterocycles. The third-order valence-corrected chi connectivity index (χ3v) is 1.06. The van der Waals surface area contributed by atoms with Crippen molar-refractivity contribution < 1.29 is 0 Å². The molecule has 0 aliphatic carbocycles. The van der Waals surface area contributed by atoms with E-state index in [0.29, 0.717) is 0 Å². The number of rotatable bonds is 0. The fourth-order valence-corrected chi connectivity index (χ4v) is 0.617. The van der Waals surface area contributed by atoms with Gasteiger partial charge in [0.15, 0.2) is 0 Å². The summed E-state index contributed by atoms with van der Waals surface area (Å²) in [6, 6.07) is 2.86. The number of aryl methyl sites for hydroxylation is 1. The number of hydrogen-bond acceptors (Lipinski definition) is 1. The van der Waals surface area contributed by atoms with Crippen LogP contribution < -0.4 is 0 Å². The van der Waals surface area contributed by atoms with Gasteiger partial charge in [0.05, 0.1) is 0 Å². The third-order valence-electron chi connectivity index (χ3n) is 1.06. The highest BCUT2D eigenvalue weighted by molar-refractivity contribution is 5.05. The molecular weight excluding hydrogens is 112 g/mol. The molecule has 0 aliphatic heterocycles. The van der Waals surface area contributed by atoms with Gasteiger partial charge in [0.1, 0.15) is 5.82 Å². The fourth-order valence-electron chi connectivity index (χ4n) is 0.617. The first-order valence-corrected chi connectivity index (χ1v) is 2.77. The summed E-state index contributed by atoms with van der Waals surface area (Å²) >= 11 is 0. The maximum absolute atomic E-state index is 4.00. The predicted molar refractivity (Wildman–Crippen MR) is 35.8 cm³/mol. The van der Waals surface area contributed by atoms with Crippen molar-refractivity contribution in [2.24, 2.45) is 0 Å². The lowest BCUT2D eigenvalue weighted by Crippen LogP contribution is -1.88. The second-order valence-corrected chi connectivity index (χ2v) is 1.71. The second kappa shape index (κ2) is 2.36. The average molecular weight is 120 g/mol. The van der Waals surface area contributed by atoms with Crippen LogP contribution in [-0.4, -0.2) is 9.55 Å². The molecule has 0 N–H and O–H groups in total. The van der Waals surface area contributed by atoms with Crippen LogP contribution in [0.3, 0.4) is 0 Å². The molecule has 0 amide bonds. The van der Waals surface area contributed by atoms with Crippen LogP contribution >= 0.6 is 0 Å². The van der Waals surface area contributed by atoms with Gasteiger partial charge < -0.3 is 0 Å². The molecule has 0 fully saturated rings. The zero-order valence-electron chi connectivity index (χ0n) is 5.55. The number of aromatic nitrogens is 2. The Bertz CT molecular complexity index is 249. The van der Waals surface area contributed by atoms with Crippen LogP contribution in [0.15, 0.2) is 12.4 Å². The minimum Gasteiger partial charge on any atom is -0.263 e. The van der Waals surface area contributed by atoms with Gasteiger partial charge in [0.2, 0.25) is 0 Å². The Morgan fingerprint density at radius 1 is 1.67 bits per heavy atom. The van der Waals surface area contributed by atoms with Gasteiger partial charge in [-0.2, -0.15) is 0 Å². The normalized spacial score (nSPS) is 8.22. The van der Waals surface area contributed by atoms with E-state index in [1.165, 1.54) is 0 Å². The van der Waals surface area contributed by atoms with Crippen LogP contribution in [-0.2, 0) is 0 Å². The lowest BCUT2D eigenvalue weighted by molar-refractivity contribution is 1.01. The summed E-state index contributed by atoms with van der Waals surface area (Å²) < 4.78 is 1.79. The molecule has 9 heavy (non-hydrogen) atoms. The van der Waals surface area contributed by atoms with E-state index in [1.807, 2.05) is 13.1 Å². The van der Waals surface area contributed by atoms with Crippen molar-refractivity contribution in [3.8, 4) is 12.0 Å².